The van der Waals surface area contributed by atoms with Gasteiger partial charge in [0.1, 0.15) is 11.2 Å². The SMILES string of the molecule is O=C(OCC1CCN(c2ccccc2)C1)c1sccc1-n1cnnn1. The summed E-state index contributed by atoms with van der Waals surface area (Å²) in [4.78, 5) is 15.3. The lowest BCUT2D eigenvalue weighted by molar-refractivity contribution is 0.0456. The number of benzene rings is 1. The molecule has 0 radical (unpaired) electrons. The molecular weight excluding hydrogens is 338 g/mol. The highest BCUT2D eigenvalue weighted by molar-refractivity contribution is 7.12. The van der Waals surface area contributed by atoms with E-state index in [1.54, 1.807) is 0 Å². The Morgan fingerprint density at radius 3 is 2.96 bits per heavy atom. The molecule has 0 saturated carbocycles. The monoisotopic (exact) mass is 355 g/mol. The average Bonchev–Trinajstić information content (AvgIpc) is 3.41. The first-order valence-electron chi connectivity index (χ1n) is 8.09. The van der Waals surface area contributed by atoms with Gasteiger partial charge in [-0.2, -0.15) is 4.68 Å². The van der Waals surface area contributed by atoms with Crippen molar-refractivity contribution in [3.63, 3.8) is 0 Å². The van der Waals surface area contributed by atoms with Crippen LogP contribution in [0.15, 0.2) is 48.1 Å². The summed E-state index contributed by atoms with van der Waals surface area (Å²) in [5, 5.41) is 12.9. The minimum Gasteiger partial charge on any atom is -0.461 e. The van der Waals surface area contributed by atoms with Crippen LogP contribution in [0.2, 0.25) is 0 Å². The zero-order valence-electron chi connectivity index (χ0n) is 13.5. The fourth-order valence-corrected chi connectivity index (χ4v) is 3.78. The van der Waals surface area contributed by atoms with Gasteiger partial charge in [0.25, 0.3) is 0 Å². The van der Waals surface area contributed by atoms with E-state index in [0.29, 0.717) is 23.1 Å². The maximum absolute atomic E-state index is 12.4. The van der Waals surface area contributed by atoms with E-state index in [-0.39, 0.29) is 5.97 Å². The van der Waals surface area contributed by atoms with Crippen LogP contribution in [0.3, 0.4) is 0 Å². The van der Waals surface area contributed by atoms with Crippen LogP contribution < -0.4 is 4.90 Å². The molecule has 1 saturated heterocycles. The largest absolute Gasteiger partial charge is 0.461 e. The second-order valence-electron chi connectivity index (χ2n) is 5.92. The van der Waals surface area contributed by atoms with Gasteiger partial charge in [-0.25, -0.2) is 4.79 Å². The summed E-state index contributed by atoms with van der Waals surface area (Å²) in [6.07, 6.45) is 2.49. The molecule has 0 spiro atoms. The quantitative estimate of drug-likeness (QED) is 0.655. The molecule has 1 aliphatic rings. The lowest BCUT2D eigenvalue weighted by Crippen LogP contribution is -2.22. The fraction of sp³-hybridized carbons (Fsp3) is 0.294. The number of carbonyl (C=O) groups excluding carboxylic acids is 1. The molecule has 4 rings (SSSR count). The standard InChI is InChI=1S/C17H17N5O2S/c23-17(16-15(7-9-25-16)22-12-18-19-20-22)24-11-13-6-8-21(10-13)14-4-2-1-3-5-14/h1-5,7,9,12-13H,6,8,10-11H2. The third kappa shape index (κ3) is 3.39. The molecule has 0 bridgehead atoms. The normalized spacial score (nSPS) is 17.0. The van der Waals surface area contributed by atoms with Crippen molar-refractivity contribution in [1.29, 1.82) is 0 Å². The topological polar surface area (TPSA) is 73.1 Å². The Morgan fingerprint density at radius 2 is 2.16 bits per heavy atom. The molecule has 1 atom stereocenters. The van der Waals surface area contributed by atoms with Crippen LogP contribution in [0.1, 0.15) is 16.1 Å². The molecular formula is C17H17N5O2S. The average molecular weight is 355 g/mol. The number of anilines is 1. The van der Waals surface area contributed by atoms with Gasteiger partial charge in [0, 0.05) is 24.7 Å². The number of para-hydroxylation sites is 1. The third-order valence-electron chi connectivity index (χ3n) is 4.28. The number of hydrogen-bond acceptors (Lipinski definition) is 7. The number of esters is 1. The molecule has 7 nitrogen and oxygen atoms in total. The van der Waals surface area contributed by atoms with Crippen LogP contribution >= 0.6 is 11.3 Å². The minimum atomic E-state index is -0.321. The molecule has 25 heavy (non-hydrogen) atoms. The van der Waals surface area contributed by atoms with Crippen molar-refractivity contribution in [1.82, 2.24) is 20.2 Å². The van der Waals surface area contributed by atoms with E-state index in [4.69, 9.17) is 4.74 Å². The van der Waals surface area contributed by atoms with Gasteiger partial charge < -0.3 is 9.64 Å². The van der Waals surface area contributed by atoms with Gasteiger partial charge in [0.05, 0.1) is 12.3 Å². The van der Waals surface area contributed by atoms with Crippen molar-refractivity contribution in [2.75, 3.05) is 24.6 Å². The minimum absolute atomic E-state index is 0.321. The van der Waals surface area contributed by atoms with Gasteiger partial charge in [-0.05, 0) is 40.4 Å². The summed E-state index contributed by atoms with van der Waals surface area (Å²) < 4.78 is 7.03. The second-order valence-corrected chi connectivity index (χ2v) is 6.84. The number of carbonyl (C=O) groups is 1. The fourth-order valence-electron chi connectivity index (χ4n) is 3.01. The Labute approximate surface area is 148 Å². The molecule has 0 aliphatic carbocycles. The Bertz CT molecular complexity index is 834. The number of ether oxygens (including phenoxy) is 1. The Balaban J connectivity index is 1.35. The van der Waals surface area contributed by atoms with Gasteiger partial charge in [0.15, 0.2) is 0 Å². The number of tetrazole rings is 1. The number of nitrogens with zero attached hydrogens (tertiary/aromatic N) is 5. The van der Waals surface area contributed by atoms with E-state index < -0.39 is 0 Å². The van der Waals surface area contributed by atoms with Crippen molar-refractivity contribution < 1.29 is 9.53 Å². The van der Waals surface area contributed by atoms with Crippen LogP contribution in [0.25, 0.3) is 5.69 Å². The highest BCUT2D eigenvalue weighted by atomic mass is 32.1. The van der Waals surface area contributed by atoms with Crippen molar-refractivity contribution in [2.45, 2.75) is 6.42 Å². The van der Waals surface area contributed by atoms with Crippen LogP contribution in [0.4, 0.5) is 5.69 Å². The van der Waals surface area contributed by atoms with Crippen molar-refractivity contribution in [2.24, 2.45) is 5.92 Å². The van der Waals surface area contributed by atoms with Gasteiger partial charge in [-0.15, -0.1) is 16.4 Å². The van der Waals surface area contributed by atoms with Crippen molar-refractivity contribution in [3.05, 3.63) is 53.0 Å². The highest BCUT2D eigenvalue weighted by Gasteiger charge is 2.25. The lowest BCUT2D eigenvalue weighted by atomic mass is 10.1. The summed E-state index contributed by atoms with van der Waals surface area (Å²) in [5.41, 5.74) is 1.87. The van der Waals surface area contributed by atoms with Gasteiger partial charge in [-0.1, -0.05) is 18.2 Å². The molecule has 1 aromatic carbocycles. The third-order valence-corrected chi connectivity index (χ3v) is 5.17. The maximum Gasteiger partial charge on any atom is 0.350 e. The van der Waals surface area contributed by atoms with E-state index in [0.717, 1.165) is 19.5 Å². The molecule has 2 aromatic heterocycles. The van der Waals surface area contributed by atoms with E-state index in [2.05, 4.69) is 32.6 Å². The molecule has 1 unspecified atom stereocenters. The summed E-state index contributed by atoms with van der Waals surface area (Å²) in [7, 11) is 0. The van der Waals surface area contributed by atoms with Gasteiger partial charge in [0.2, 0.25) is 0 Å². The number of aromatic nitrogens is 4. The van der Waals surface area contributed by atoms with Crippen LogP contribution in [0.5, 0.6) is 0 Å². The first-order valence-corrected chi connectivity index (χ1v) is 8.97. The first-order chi connectivity index (χ1) is 12.3. The van der Waals surface area contributed by atoms with Crippen LogP contribution in [-0.4, -0.2) is 45.9 Å². The van der Waals surface area contributed by atoms with Crippen molar-refractivity contribution in [3.8, 4) is 5.69 Å². The predicted octanol–water partition coefficient (Wildman–Crippen LogP) is 2.41. The number of thiophene rings is 1. The van der Waals surface area contributed by atoms with E-state index in [1.165, 1.54) is 28.0 Å². The predicted molar refractivity (Wildman–Crippen MR) is 94.1 cm³/mol. The van der Waals surface area contributed by atoms with Crippen LogP contribution in [0, 0.1) is 5.92 Å². The Morgan fingerprint density at radius 1 is 1.28 bits per heavy atom. The van der Waals surface area contributed by atoms with E-state index in [1.807, 2.05) is 29.6 Å². The summed E-state index contributed by atoms with van der Waals surface area (Å²) in [5.74, 6) is 0.0271. The molecule has 1 fully saturated rings. The highest BCUT2D eigenvalue weighted by Crippen LogP contribution is 2.25. The molecule has 0 amide bonds. The molecule has 8 heteroatoms. The maximum atomic E-state index is 12.4. The molecule has 128 valence electrons. The summed E-state index contributed by atoms with van der Waals surface area (Å²) >= 11 is 1.33. The second kappa shape index (κ2) is 7.02. The zero-order chi connectivity index (χ0) is 17.1. The van der Waals surface area contributed by atoms with Gasteiger partial charge in [-0.3, -0.25) is 0 Å². The number of rotatable bonds is 5. The molecule has 3 heterocycles. The summed E-state index contributed by atoms with van der Waals surface area (Å²) in [6.45, 7) is 2.32. The van der Waals surface area contributed by atoms with Crippen molar-refractivity contribution >= 4 is 23.0 Å². The molecule has 1 aliphatic heterocycles. The van der Waals surface area contributed by atoms with Gasteiger partial charge >= 0.3 is 5.97 Å². The lowest BCUT2D eigenvalue weighted by Gasteiger charge is -2.18. The van der Waals surface area contributed by atoms with E-state index >= 15 is 0 Å². The number of hydrogen-bond donors (Lipinski definition) is 0. The Hall–Kier alpha value is -2.74. The molecule has 0 N–H and O–H groups in total. The smallest absolute Gasteiger partial charge is 0.350 e. The van der Waals surface area contributed by atoms with Crippen LogP contribution in [-0.2, 0) is 4.74 Å². The first kappa shape index (κ1) is 15.8. The molecule has 3 aromatic rings. The zero-order valence-corrected chi connectivity index (χ0v) is 14.3. The van der Waals surface area contributed by atoms with E-state index in [9.17, 15) is 4.79 Å². The Kier molecular flexibility index (Phi) is 4.43. The summed E-state index contributed by atoms with van der Waals surface area (Å²) in [6, 6.07) is 12.1.